The third-order valence-electron chi connectivity index (χ3n) is 4.52. The predicted molar refractivity (Wildman–Crippen MR) is 109 cm³/mol. The first-order valence-electron chi connectivity index (χ1n) is 9.20. The number of aromatic nitrogens is 1. The van der Waals surface area contributed by atoms with Crippen LogP contribution in [0, 0.1) is 5.92 Å². The van der Waals surface area contributed by atoms with E-state index in [1.54, 1.807) is 36.5 Å². The fourth-order valence-corrected chi connectivity index (χ4v) is 3.25. The van der Waals surface area contributed by atoms with Crippen molar-refractivity contribution in [2.75, 3.05) is 39.4 Å². The molecule has 1 fully saturated rings. The van der Waals surface area contributed by atoms with Gasteiger partial charge in [0, 0.05) is 24.7 Å². The number of amides is 1. The van der Waals surface area contributed by atoms with Crippen molar-refractivity contribution in [2.24, 2.45) is 5.92 Å². The lowest BCUT2D eigenvalue weighted by Gasteiger charge is -2.16. The number of likely N-dealkylation sites (tertiary alicyclic amines) is 1. The van der Waals surface area contributed by atoms with Crippen LogP contribution in [0.15, 0.2) is 42.6 Å². The number of hydrogen-bond donors (Lipinski definition) is 1. The number of hydrogen-bond acceptors (Lipinski definition) is 5. The largest absolute Gasteiger partial charge is 0.491 e. The summed E-state index contributed by atoms with van der Waals surface area (Å²) in [7, 11) is 0. The van der Waals surface area contributed by atoms with Crippen LogP contribution in [0.4, 0.5) is 0 Å². The van der Waals surface area contributed by atoms with Gasteiger partial charge in [0.05, 0.1) is 6.20 Å². The van der Waals surface area contributed by atoms with Crippen LogP contribution in [0.25, 0.3) is 0 Å². The van der Waals surface area contributed by atoms with Crippen molar-refractivity contribution in [3.63, 3.8) is 0 Å². The first-order valence-corrected chi connectivity index (χ1v) is 9.96. The molecule has 150 valence electrons. The Morgan fingerprint density at radius 3 is 2.68 bits per heavy atom. The molecule has 1 atom stereocenters. The van der Waals surface area contributed by atoms with E-state index in [9.17, 15) is 4.79 Å². The highest BCUT2D eigenvalue weighted by atomic mass is 35.5. The maximum absolute atomic E-state index is 12.0. The van der Waals surface area contributed by atoms with Crippen LogP contribution < -0.4 is 14.8 Å². The zero-order valence-electron chi connectivity index (χ0n) is 15.4. The Hall–Kier alpha value is -2.02. The van der Waals surface area contributed by atoms with Crippen molar-refractivity contribution in [1.82, 2.24) is 15.2 Å². The predicted octanol–water partition coefficient (Wildman–Crippen LogP) is 3.28. The summed E-state index contributed by atoms with van der Waals surface area (Å²) in [5.41, 5.74) is 0. The highest BCUT2D eigenvalue weighted by molar-refractivity contribution is 6.30. The Labute approximate surface area is 174 Å². The second-order valence-corrected chi connectivity index (χ2v) is 7.49. The summed E-state index contributed by atoms with van der Waals surface area (Å²) in [4.78, 5) is 18.3. The molecule has 1 aromatic heterocycles. The van der Waals surface area contributed by atoms with Crippen LogP contribution in [-0.4, -0.2) is 55.2 Å². The summed E-state index contributed by atoms with van der Waals surface area (Å²) >= 11 is 11.6. The van der Waals surface area contributed by atoms with Gasteiger partial charge in [-0.05, 0) is 55.3 Å². The van der Waals surface area contributed by atoms with Crippen LogP contribution in [0.2, 0.25) is 10.2 Å². The minimum atomic E-state index is -0.119. The molecule has 3 rings (SSSR count). The molecule has 1 unspecified atom stereocenters. The number of halogens is 2. The molecular weight excluding hydrogens is 401 g/mol. The zero-order valence-corrected chi connectivity index (χ0v) is 17.0. The van der Waals surface area contributed by atoms with Crippen LogP contribution in [-0.2, 0) is 4.79 Å². The molecule has 0 bridgehead atoms. The molecule has 1 aliphatic rings. The summed E-state index contributed by atoms with van der Waals surface area (Å²) in [6.45, 7) is 4.04. The molecule has 6 nitrogen and oxygen atoms in total. The molecule has 2 heterocycles. The lowest BCUT2D eigenvalue weighted by Crippen LogP contribution is -2.34. The number of carbonyl (C=O) groups is 1. The highest BCUT2D eigenvalue weighted by Crippen LogP contribution is 2.17. The number of pyridine rings is 1. The van der Waals surface area contributed by atoms with Crippen LogP contribution in [0.1, 0.15) is 6.42 Å². The highest BCUT2D eigenvalue weighted by Gasteiger charge is 2.22. The van der Waals surface area contributed by atoms with E-state index in [2.05, 4.69) is 15.2 Å². The first-order chi connectivity index (χ1) is 13.6. The lowest BCUT2D eigenvalue weighted by atomic mass is 10.1. The monoisotopic (exact) mass is 423 g/mol. The Morgan fingerprint density at radius 1 is 1.14 bits per heavy atom. The number of benzene rings is 1. The van der Waals surface area contributed by atoms with Gasteiger partial charge in [-0.25, -0.2) is 4.98 Å². The van der Waals surface area contributed by atoms with Crippen molar-refractivity contribution in [2.45, 2.75) is 6.42 Å². The van der Waals surface area contributed by atoms with E-state index < -0.39 is 0 Å². The average molecular weight is 424 g/mol. The summed E-state index contributed by atoms with van der Waals surface area (Å²) < 4.78 is 11.1. The van der Waals surface area contributed by atoms with Gasteiger partial charge in [0.2, 0.25) is 0 Å². The van der Waals surface area contributed by atoms with Gasteiger partial charge in [0.25, 0.3) is 5.91 Å². The third kappa shape index (κ3) is 6.86. The maximum Gasteiger partial charge on any atom is 0.257 e. The Kier molecular flexibility index (Phi) is 7.77. The zero-order chi connectivity index (χ0) is 19.8. The fraction of sp³-hybridized carbons (Fsp3) is 0.400. The summed E-state index contributed by atoms with van der Waals surface area (Å²) in [5.74, 6) is 1.67. The molecule has 0 radical (unpaired) electrons. The molecule has 8 heteroatoms. The molecular formula is C20H23Cl2N3O3. The second kappa shape index (κ2) is 10.5. The molecule has 1 N–H and O–H groups in total. The van der Waals surface area contributed by atoms with Gasteiger partial charge in [0.15, 0.2) is 6.61 Å². The van der Waals surface area contributed by atoms with Gasteiger partial charge < -0.3 is 14.8 Å². The second-order valence-electron chi connectivity index (χ2n) is 6.67. The van der Waals surface area contributed by atoms with E-state index in [-0.39, 0.29) is 12.5 Å². The van der Waals surface area contributed by atoms with E-state index in [0.29, 0.717) is 40.7 Å². The van der Waals surface area contributed by atoms with Crippen molar-refractivity contribution >= 4 is 29.1 Å². The van der Waals surface area contributed by atoms with Gasteiger partial charge in [-0.1, -0.05) is 23.2 Å². The quantitative estimate of drug-likeness (QED) is 0.626. The lowest BCUT2D eigenvalue weighted by molar-refractivity contribution is -0.123. The van der Waals surface area contributed by atoms with Gasteiger partial charge in [0.1, 0.15) is 23.3 Å². The Bertz CT molecular complexity index is 756. The average Bonchev–Trinajstić information content (AvgIpc) is 3.15. The number of nitrogens with zero attached hydrogens (tertiary/aromatic N) is 2. The number of ether oxygens (including phenoxy) is 2. The van der Waals surface area contributed by atoms with Gasteiger partial charge in [-0.2, -0.15) is 0 Å². The van der Waals surface area contributed by atoms with Crippen molar-refractivity contribution in [1.29, 1.82) is 0 Å². The van der Waals surface area contributed by atoms with Gasteiger partial charge in [-0.15, -0.1) is 0 Å². The van der Waals surface area contributed by atoms with E-state index in [1.807, 2.05) is 6.07 Å². The van der Waals surface area contributed by atoms with Gasteiger partial charge in [-0.3, -0.25) is 9.69 Å². The minimum Gasteiger partial charge on any atom is -0.491 e. The number of rotatable bonds is 9. The molecule has 1 saturated heterocycles. The molecule has 1 amide bonds. The molecule has 2 aromatic rings. The SMILES string of the molecule is O=C(COc1ccc(Cl)cc1)NCC1CCN(CCOc2ccc(Cl)nc2)C1. The van der Waals surface area contributed by atoms with Gasteiger partial charge >= 0.3 is 0 Å². The standard InChI is InChI=1S/C20H23Cl2N3O3/c21-16-1-3-17(4-2-16)28-14-20(26)24-11-15-7-8-25(13-15)9-10-27-18-5-6-19(22)23-12-18/h1-6,12,15H,7-11,13-14H2,(H,24,26). The van der Waals surface area contributed by atoms with Crippen LogP contribution >= 0.6 is 23.2 Å². The van der Waals surface area contributed by atoms with Crippen molar-refractivity contribution in [3.8, 4) is 11.5 Å². The molecule has 0 spiro atoms. The Morgan fingerprint density at radius 2 is 1.93 bits per heavy atom. The Balaban J connectivity index is 1.28. The van der Waals surface area contributed by atoms with E-state index in [1.165, 1.54) is 0 Å². The minimum absolute atomic E-state index is 0.00103. The molecule has 0 aliphatic carbocycles. The van der Waals surface area contributed by atoms with Crippen molar-refractivity contribution in [3.05, 3.63) is 52.8 Å². The van der Waals surface area contributed by atoms with E-state index in [4.69, 9.17) is 32.7 Å². The molecule has 1 aliphatic heterocycles. The summed E-state index contributed by atoms with van der Waals surface area (Å²) in [5, 5.41) is 4.04. The fourth-order valence-electron chi connectivity index (χ4n) is 3.01. The van der Waals surface area contributed by atoms with Crippen LogP contribution in [0.5, 0.6) is 11.5 Å². The van der Waals surface area contributed by atoms with E-state index in [0.717, 1.165) is 26.1 Å². The molecule has 0 saturated carbocycles. The normalized spacial score (nSPS) is 16.7. The summed E-state index contributed by atoms with van der Waals surface area (Å²) in [6.07, 6.45) is 2.68. The number of carbonyl (C=O) groups excluding carboxylic acids is 1. The topological polar surface area (TPSA) is 63.7 Å². The van der Waals surface area contributed by atoms with E-state index >= 15 is 0 Å². The van der Waals surface area contributed by atoms with Crippen LogP contribution in [0.3, 0.4) is 0 Å². The first kappa shape index (κ1) is 20.7. The summed E-state index contributed by atoms with van der Waals surface area (Å²) in [6, 6.07) is 10.5. The number of nitrogens with one attached hydrogen (secondary N) is 1. The van der Waals surface area contributed by atoms with Crippen molar-refractivity contribution < 1.29 is 14.3 Å². The third-order valence-corrected chi connectivity index (χ3v) is 4.99. The molecule has 1 aromatic carbocycles. The smallest absolute Gasteiger partial charge is 0.257 e. The maximum atomic E-state index is 12.0. The molecule has 28 heavy (non-hydrogen) atoms.